The molecule has 0 spiro atoms. The summed E-state index contributed by atoms with van der Waals surface area (Å²) in [5.74, 6) is -0.354. The molecule has 1 aromatic rings. The molecule has 1 aliphatic heterocycles. The molecule has 2 rings (SSSR count). The second kappa shape index (κ2) is 7.44. The first-order chi connectivity index (χ1) is 9.70. The monoisotopic (exact) mass is 275 g/mol. The maximum Gasteiger partial charge on any atom is 0.303 e. The molecule has 0 radical (unpaired) electrons. The van der Waals surface area contributed by atoms with Gasteiger partial charge in [-0.2, -0.15) is 0 Å². The van der Waals surface area contributed by atoms with E-state index in [1.54, 1.807) is 0 Å². The third kappa shape index (κ3) is 4.07. The number of likely N-dealkylation sites (tertiary alicyclic amines) is 1. The lowest BCUT2D eigenvalue weighted by Crippen LogP contribution is -2.39. The Labute approximate surface area is 121 Å². The van der Waals surface area contributed by atoms with Crippen molar-refractivity contribution in [1.82, 2.24) is 4.90 Å². The Kier molecular flexibility index (Phi) is 5.60. The summed E-state index contributed by atoms with van der Waals surface area (Å²) in [6.45, 7) is 4.23. The van der Waals surface area contributed by atoms with Crippen molar-refractivity contribution < 1.29 is 9.90 Å². The smallest absolute Gasteiger partial charge is 0.303 e. The highest BCUT2D eigenvalue weighted by atomic mass is 16.4. The first-order valence-electron chi connectivity index (χ1n) is 7.71. The summed E-state index contributed by atoms with van der Waals surface area (Å²) in [6.07, 6.45) is 4.77. The summed E-state index contributed by atoms with van der Waals surface area (Å²) in [6, 6.07) is 11.1. The van der Waals surface area contributed by atoms with Gasteiger partial charge in [0.2, 0.25) is 0 Å². The van der Waals surface area contributed by atoms with Gasteiger partial charge in [0.15, 0.2) is 0 Å². The fourth-order valence-electron chi connectivity index (χ4n) is 3.30. The number of hydrogen-bond acceptors (Lipinski definition) is 2. The van der Waals surface area contributed by atoms with E-state index < -0.39 is 5.97 Å². The van der Waals surface area contributed by atoms with E-state index in [2.05, 4.69) is 42.2 Å². The van der Waals surface area contributed by atoms with Crippen molar-refractivity contribution in [3.05, 3.63) is 35.9 Å². The Morgan fingerprint density at radius 1 is 1.40 bits per heavy atom. The van der Waals surface area contributed by atoms with Crippen LogP contribution < -0.4 is 0 Å². The van der Waals surface area contributed by atoms with Crippen LogP contribution in [-0.2, 0) is 4.79 Å². The van der Waals surface area contributed by atoms with Crippen LogP contribution in [0.1, 0.15) is 50.6 Å². The van der Waals surface area contributed by atoms with Gasteiger partial charge in [-0.25, -0.2) is 0 Å². The van der Waals surface area contributed by atoms with Crippen molar-refractivity contribution >= 4 is 5.97 Å². The lowest BCUT2D eigenvalue weighted by Gasteiger charge is -2.38. The maximum atomic E-state index is 10.9. The Bertz CT molecular complexity index is 418. The molecule has 1 fully saturated rings. The van der Waals surface area contributed by atoms with Gasteiger partial charge < -0.3 is 5.11 Å². The van der Waals surface area contributed by atoms with E-state index in [1.165, 1.54) is 5.56 Å². The van der Waals surface area contributed by atoms with Gasteiger partial charge in [0, 0.05) is 19.0 Å². The molecule has 3 heteroatoms. The number of benzene rings is 1. The standard InChI is InChI=1S/C17H25NO2/c1-2-7-16(15-9-4-3-5-10-15)18-11-6-8-14(13-18)12-17(19)20/h3-5,9-10,14,16H,2,6-8,11-13H2,1H3,(H,19,20). The Morgan fingerprint density at radius 3 is 2.80 bits per heavy atom. The molecule has 1 heterocycles. The molecule has 2 atom stereocenters. The molecule has 0 saturated carbocycles. The molecule has 0 amide bonds. The number of carbonyl (C=O) groups is 1. The minimum absolute atomic E-state index is 0.310. The second-order valence-corrected chi connectivity index (χ2v) is 5.82. The molecule has 0 aliphatic carbocycles. The Hall–Kier alpha value is -1.35. The first-order valence-corrected chi connectivity index (χ1v) is 7.71. The quantitative estimate of drug-likeness (QED) is 0.860. The largest absolute Gasteiger partial charge is 0.481 e. The highest BCUT2D eigenvalue weighted by Crippen LogP contribution is 2.31. The number of hydrogen-bond donors (Lipinski definition) is 1. The van der Waals surface area contributed by atoms with E-state index in [4.69, 9.17) is 5.11 Å². The molecule has 2 unspecified atom stereocenters. The zero-order valence-electron chi connectivity index (χ0n) is 12.3. The molecule has 20 heavy (non-hydrogen) atoms. The van der Waals surface area contributed by atoms with Crippen molar-refractivity contribution in [2.24, 2.45) is 5.92 Å². The summed E-state index contributed by atoms with van der Waals surface area (Å²) in [5, 5.41) is 8.99. The SMILES string of the molecule is CCCC(c1ccccc1)N1CCCC(CC(=O)O)C1. The molecule has 1 aliphatic rings. The molecule has 1 saturated heterocycles. The summed E-state index contributed by atoms with van der Waals surface area (Å²) in [5.41, 5.74) is 1.37. The first kappa shape index (κ1) is 15.0. The minimum Gasteiger partial charge on any atom is -0.481 e. The van der Waals surface area contributed by atoms with Gasteiger partial charge in [0.1, 0.15) is 0 Å². The van der Waals surface area contributed by atoms with Crippen LogP contribution in [0.25, 0.3) is 0 Å². The van der Waals surface area contributed by atoms with E-state index in [-0.39, 0.29) is 0 Å². The maximum absolute atomic E-state index is 10.9. The van der Waals surface area contributed by atoms with Crippen molar-refractivity contribution in [2.75, 3.05) is 13.1 Å². The summed E-state index contributed by atoms with van der Waals surface area (Å²) in [7, 11) is 0. The fraction of sp³-hybridized carbons (Fsp3) is 0.588. The molecule has 0 bridgehead atoms. The van der Waals surface area contributed by atoms with Gasteiger partial charge in [0.25, 0.3) is 0 Å². The molecule has 110 valence electrons. The highest BCUT2D eigenvalue weighted by Gasteiger charge is 2.27. The third-order valence-electron chi connectivity index (χ3n) is 4.20. The van der Waals surface area contributed by atoms with E-state index >= 15 is 0 Å². The number of rotatable bonds is 6. The third-order valence-corrected chi connectivity index (χ3v) is 4.20. The highest BCUT2D eigenvalue weighted by molar-refractivity contribution is 5.67. The van der Waals surface area contributed by atoms with Crippen LogP contribution >= 0.6 is 0 Å². The molecular weight excluding hydrogens is 250 g/mol. The van der Waals surface area contributed by atoms with Crippen molar-refractivity contribution in [1.29, 1.82) is 0 Å². The molecular formula is C17H25NO2. The number of nitrogens with zero attached hydrogens (tertiary/aromatic N) is 1. The molecule has 0 aromatic heterocycles. The van der Waals surface area contributed by atoms with Crippen LogP contribution in [0.5, 0.6) is 0 Å². The second-order valence-electron chi connectivity index (χ2n) is 5.82. The zero-order valence-corrected chi connectivity index (χ0v) is 12.3. The molecule has 1 aromatic carbocycles. The number of carboxylic acids is 1. The molecule has 1 N–H and O–H groups in total. The zero-order chi connectivity index (χ0) is 14.4. The van der Waals surface area contributed by atoms with Crippen molar-refractivity contribution in [3.8, 4) is 0 Å². The topological polar surface area (TPSA) is 40.5 Å². The van der Waals surface area contributed by atoms with Crippen LogP contribution in [0, 0.1) is 5.92 Å². The Morgan fingerprint density at radius 2 is 2.15 bits per heavy atom. The fourth-order valence-corrected chi connectivity index (χ4v) is 3.30. The van der Waals surface area contributed by atoms with Gasteiger partial charge in [-0.3, -0.25) is 9.69 Å². The average Bonchev–Trinajstić information content (AvgIpc) is 2.45. The number of aliphatic carboxylic acids is 1. The van der Waals surface area contributed by atoms with Crippen LogP contribution in [0.15, 0.2) is 30.3 Å². The normalized spacial score (nSPS) is 21.6. The number of carboxylic acid groups (broad SMARTS) is 1. The van der Waals surface area contributed by atoms with Gasteiger partial charge in [0.05, 0.1) is 0 Å². The predicted octanol–water partition coefficient (Wildman–Crippen LogP) is 3.71. The van der Waals surface area contributed by atoms with Gasteiger partial charge >= 0.3 is 5.97 Å². The lowest BCUT2D eigenvalue weighted by atomic mass is 9.91. The van der Waals surface area contributed by atoms with Crippen LogP contribution in [-0.4, -0.2) is 29.1 Å². The number of piperidine rings is 1. The van der Waals surface area contributed by atoms with Crippen molar-refractivity contribution in [2.45, 2.75) is 45.1 Å². The van der Waals surface area contributed by atoms with E-state index in [9.17, 15) is 4.79 Å². The van der Waals surface area contributed by atoms with Gasteiger partial charge in [-0.1, -0.05) is 43.7 Å². The van der Waals surface area contributed by atoms with E-state index in [0.29, 0.717) is 18.4 Å². The predicted molar refractivity (Wildman–Crippen MR) is 80.6 cm³/mol. The summed E-state index contributed by atoms with van der Waals surface area (Å²) in [4.78, 5) is 13.4. The summed E-state index contributed by atoms with van der Waals surface area (Å²) < 4.78 is 0. The average molecular weight is 275 g/mol. The Balaban J connectivity index is 2.07. The molecule has 3 nitrogen and oxygen atoms in total. The lowest BCUT2D eigenvalue weighted by molar-refractivity contribution is -0.138. The summed E-state index contributed by atoms with van der Waals surface area (Å²) >= 11 is 0. The van der Waals surface area contributed by atoms with E-state index in [1.807, 2.05) is 0 Å². The van der Waals surface area contributed by atoms with Crippen LogP contribution in [0.2, 0.25) is 0 Å². The van der Waals surface area contributed by atoms with Gasteiger partial charge in [-0.05, 0) is 37.3 Å². The van der Waals surface area contributed by atoms with Gasteiger partial charge in [-0.15, -0.1) is 0 Å². The van der Waals surface area contributed by atoms with Crippen LogP contribution in [0.3, 0.4) is 0 Å². The minimum atomic E-state index is -0.663. The van der Waals surface area contributed by atoms with Crippen molar-refractivity contribution in [3.63, 3.8) is 0 Å². The van der Waals surface area contributed by atoms with Crippen LogP contribution in [0.4, 0.5) is 0 Å². The van der Waals surface area contributed by atoms with E-state index in [0.717, 1.165) is 38.8 Å².